The normalized spacial score (nSPS) is 11.9. The van der Waals surface area contributed by atoms with E-state index in [1.165, 1.54) is 63.4 Å². The van der Waals surface area contributed by atoms with Gasteiger partial charge in [0.1, 0.15) is 0 Å². The molecule has 10 aromatic carbocycles. The molecule has 62 heavy (non-hydrogen) atoms. The summed E-state index contributed by atoms with van der Waals surface area (Å²) < 4.78 is 4.93. The molecule has 0 saturated heterocycles. The first kappa shape index (κ1) is 34.8. The van der Waals surface area contributed by atoms with E-state index in [9.17, 15) is 0 Å². The lowest BCUT2D eigenvalue weighted by molar-refractivity contribution is 1.07. The lowest BCUT2D eigenvalue weighted by Gasteiger charge is -2.16. The molecule has 13 rings (SSSR count). The zero-order valence-electron chi connectivity index (χ0n) is 33.3. The molecule has 0 bridgehead atoms. The molecule has 0 saturated carbocycles. The number of benzene rings is 10. The van der Waals surface area contributed by atoms with Crippen molar-refractivity contribution >= 4 is 85.6 Å². The second-order valence-corrected chi connectivity index (χ2v) is 17.1. The molecule has 288 valence electrons. The maximum atomic E-state index is 5.36. The van der Waals surface area contributed by atoms with Gasteiger partial charge in [-0.3, -0.25) is 0 Å². The number of thiophene rings is 1. The fourth-order valence-electron chi connectivity index (χ4n) is 9.43. The van der Waals surface area contributed by atoms with Crippen molar-refractivity contribution in [3.05, 3.63) is 206 Å². The zero-order chi connectivity index (χ0) is 40.7. The molecule has 4 nitrogen and oxygen atoms in total. The van der Waals surface area contributed by atoms with Crippen LogP contribution in [0, 0.1) is 0 Å². The number of hydrogen-bond donors (Lipinski definition) is 0. The van der Waals surface area contributed by atoms with Crippen molar-refractivity contribution in [1.82, 2.24) is 19.5 Å². The summed E-state index contributed by atoms with van der Waals surface area (Å²) in [5.41, 5.74) is 8.41. The summed E-state index contributed by atoms with van der Waals surface area (Å²) in [5, 5.41) is 12.2. The average molecular weight is 807 g/mol. The molecule has 0 radical (unpaired) electrons. The third-order valence-electron chi connectivity index (χ3n) is 12.4. The second kappa shape index (κ2) is 13.8. The van der Waals surface area contributed by atoms with Gasteiger partial charge >= 0.3 is 0 Å². The van der Waals surface area contributed by atoms with Gasteiger partial charge < -0.3 is 4.57 Å². The Morgan fingerprint density at radius 1 is 0.323 bits per heavy atom. The zero-order valence-corrected chi connectivity index (χ0v) is 34.1. The Kier molecular flexibility index (Phi) is 7.74. The molecule has 5 heteroatoms. The van der Waals surface area contributed by atoms with Gasteiger partial charge in [0, 0.05) is 53.3 Å². The molecule has 3 aromatic heterocycles. The largest absolute Gasteiger partial charge is 0.309 e. The number of aromatic nitrogens is 4. The SMILES string of the molecule is c1ccc(-c2nc(-c3ccc4ccccc4c3)nc(-c3ccc(-n4c5ccccc5c5cc6ccccc6cc54)cc3-c3cccc4sc5cc6ccccc6cc5c34)n2)cc1. The van der Waals surface area contributed by atoms with Crippen molar-refractivity contribution in [3.8, 4) is 51.0 Å². The van der Waals surface area contributed by atoms with Crippen LogP contribution >= 0.6 is 11.3 Å². The standard InChI is InChI=1S/C57H34N4S/c1-2-14-36(15-3-1)55-58-56(42-26-25-35-13-4-5-16-37(35)29-42)60-57(59-55)46-28-27-43(61-50-23-11-10-21-44(50)48-30-38-17-6-8-19-40(38)32-51(48)61)34-47(46)45-22-12-24-52-54(45)49-31-39-18-7-9-20-41(39)33-53(49)62-52/h1-34H. The van der Waals surface area contributed by atoms with Crippen LogP contribution in [0.3, 0.4) is 0 Å². The molecule has 0 fully saturated rings. The van der Waals surface area contributed by atoms with Crippen LogP contribution in [0.15, 0.2) is 206 Å². The van der Waals surface area contributed by atoms with E-state index in [0.29, 0.717) is 17.5 Å². The van der Waals surface area contributed by atoms with Crippen molar-refractivity contribution in [2.75, 3.05) is 0 Å². The van der Waals surface area contributed by atoms with Crippen molar-refractivity contribution in [2.24, 2.45) is 0 Å². The summed E-state index contributed by atoms with van der Waals surface area (Å²) in [6, 6.07) is 74.1. The Hall–Kier alpha value is -7.99. The van der Waals surface area contributed by atoms with Crippen LogP contribution in [0.25, 0.3) is 125 Å². The molecule has 0 aliphatic heterocycles. The minimum absolute atomic E-state index is 0.624. The Bertz CT molecular complexity index is 3940. The van der Waals surface area contributed by atoms with Gasteiger partial charge in [0.15, 0.2) is 17.5 Å². The molecular weight excluding hydrogens is 773 g/mol. The predicted octanol–water partition coefficient (Wildman–Crippen LogP) is 15.5. The summed E-state index contributed by atoms with van der Waals surface area (Å²) in [5.74, 6) is 1.89. The number of para-hydroxylation sites is 1. The van der Waals surface area contributed by atoms with Crippen LogP contribution in [0.2, 0.25) is 0 Å². The van der Waals surface area contributed by atoms with E-state index >= 15 is 0 Å². The van der Waals surface area contributed by atoms with Crippen molar-refractivity contribution in [1.29, 1.82) is 0 Å². The number of nitrogens with zero attached hydrogens (tertiary/aromatic N) is 4. The topological polar surface area (TPSA) is 43.6 Å². The van der Waals surface area contributed by atoms with Gasteiger partial charge in [-0.05, 0) is 104 Å². The predicted molar refractivity (Wildman–Crippen MR) is 261 cm³/mol. The van der Waals surface area contributed by atoms with Gasteiger partial charge in [0.25, 0.3) is 0 Å². The first-order valence-corrected chi connectivity index (χ1v) is 21.7. The van der Waals surface area contributed by atoms with Gasteiger partial charge in [-0.1, -0.05) is 146 Å². The van der Waals surface area contributed by atoms with E-state index in [2.05, 4.69) is 193 Å². The summed E-state index contributed by atoms with van der Waals surface area (Å²) in [6.45, 7) is 0. The number of fused-ring (bicyclic) bond motifs is 9. The first-order chi connectivity index (χ1) is 30.7. The van der Waals surface area contributed by atoms with Gasteiger partial charge in [-0.15, -0.1) is 11.3 Å². The molecule has 0 aliphatic carbocycles. The molecule has 13 aromatic rings. The summed E-state index contributed by atoms with van der Waals surface area (Å²) in [4.78, 5) is 15.8. The van der Waals surface area contributed by atoms with E-state index in [-0.39, 0.29) is 0 Å². The maximum Gasteiger partial charge on any atom is 0.164 e. The Balaban J connectivity index is 1.12. The van der Waals surface area contributed by atoms with E-state index in [1.54, 1.807) is 0 Å². The smallest absolute Gasteiger partial charge is 0.164 e. The number of rotatable bonds is 5. The van der Waals surface area contributed by atoms with Crippen molar-refractivity contribution in [3.63, 3.8) is 0 Å². The van der Waals surface area contributed by atoms with Crippen LogP contribution in [0.5, 0.6) is 0 Å². The molecule has 0 aliphatic rings. The van der Waals surface area contributed by atoms with Gasteiger partial charge in [-0.25, -0.2) is 15.0 Å². The van der Waals surface area contributed by atoms with Crippen molar-refractivity contribution < 1.29 is 0 Å². The van der Waals surface area contributed by atoms with E-state index < -0.39 is 0 Å². The van der Waals surface area contributed by atoms with Crippen LogP contribution < -0.4 is 0 Å². The Labute approximate surface area is 360 Å². The Morgan fingerprint density at radius 3 is 1.74 bits per heavy atom. The molecule has 0 amide bonds. The summed E-state index contributed by atoms with van der Waals surface area (Å²) >= 11 is 1.85. The molecule has 0 N–H and O–H groups in total. The lowest BCUT2D eigenvalue weighted by Crippen LogP contribution is -2.02. The highest BCUT2D eigenvalue weighted by molar-refractivity contribution is 7.26. The molecular formula is C57H34N4S. The second-order valence-electron chi connectivity index (χ2n) is 16.0. The third kappa shape index (κ3) is 5.56. The fourth-order valence-corrected chi connectivity index (χ4v) is 10.6. The Morgan fingerprint density at radius 2 is 0.952 bits per heavy atom. The van der Waals surface area contributed by atoms with Gasteiger partial charge in [0.2, 0.25) is 0 Å². The van der Waals surface area contributed by atoms with Crippen LogP contribution in [-0.4, -0.2) is 19.5 Å². The molecule has 0 spiro atoms. The van der Waals surface area contributed by atoms with Crippen molar-refractivity contribution in [2.45, 2.75) is 0 Å². The highest BCUT2D eigenvalue weighted by Gasteiger charge is 2.22. The molecule has 0 atom stereocenters. The quantitative estimate of drug-likeness (QED) is 0.174. The lowest BCUT2D eigenvalue weighted by atomic mass is 9.93. The summed E-state index contributed by atoms with van der Waals surface area (Å²) in [6.07, 6.45) is 0. The summed E-state index contributed by atoms with van der Waals surface area (Å²) in [7, 11) is 0. The van der Waals surface area contributed by atoms with E-state index in [0.717, 1.165) is 44.4 Å². The maximum absolute atomic E-state index is 5.36. The van der Waals surface area contributed by atoms with Crippen LogP contribution in [-0.2, 0) is 0 Å². The van der Waals surface area contributed by atoms with Gasteiger partial charge in [-0.2, -0.15) is 0 Å². The monoisotopic (exact) mass is 806 g/mol. The minimum Gasteiger partial charge on any atom is -0.309 e. The fraction of sp³-hybridized carbons (Fsp3) is 0. The van der Waals surface area contributed by atoms with E-state index in [4.69, 9.17) is 15.0 Å². The molecule has 0 unspecified atom stereocenters. The first-order valence-electron chi connectivity index (χ1n) is 20.9. The highest BCUT2D eigenvalue weighted by Crippen LogP contribution is 2.45. The highest BCUT2D eigenvalue weighted by atomic mass is 32.1. The van der Waals surface area contributed by atoms with Gasteiger partial charge in [0.05, 0.1) is 11.0 Å². The average Bonchev–Trinajstić information content (AvgIpc) is 3.86. The molecule has 3 heterocycles. The van der Waals surface area contributed by atoms with Crippen LogP contribution in [0.1, 0.15) is 0 Å². The number of hydrogen-bond acceptors (Lipinski definition) is 4. The van der Waals surface area contributed by atoms with E-state index in [1.807, 2.05) is 29.5 Å². The minimum atomic E-state index is 0.624. The van der Waals surface area contributed by atoms with Crippen LogP contribution in [0.4, 0.5) is 0 Å². The third-order valence-corrected chi connectivity index (χ3v) is 13.5.